The van der Waals surface area contributed by atoms with Gasteiger partial charge in [-0.05, 0) is 5.56 Å². The molecule has 0 N–H and O–H groups in total. The van der Waals surface area contributed by atoms with Crippen molar-refractivity contribution in [2.45, 2.75) is 19.1 Å². The summed E-state index contributed by atoms with van der Waals surface area (Å²) < 4.78 is 11.0. The first kappa shape index (κ1) is 16.8. The van der Waals surface area contributed by atoms with Crippen LogP contribution >= 0.6 is 24.0 Å². The second-order valence-corrected chi connectivity index (χ2v) is 4.37. The number of methoxy groups -OCH3 is 1. The lowest BCUT2D eigenvalue weighted by Gasteiger charge is -2.10. The molecule has 2 rings (SSSR count). The fourth-order valence-corrected chi connectivity index (χ4v) is 1.88. The van der Waals surface area contributed by atoms with Gasteiger partial charge in [0, 0.05) is 17.8 Å². The summed E-state index contributed by atoms with van der Waals surface area (Å²) >= 11 is 5.74. The number of benzene rings is 1. The van der Waals surface area contributed by atoms with Gasteiger partial charge in [-0.3, -0.25) is 4.98 Å². The van der Waals surface area contributed by atoms with Crippen LogP contribution in [0.5, 0.6) is 5.75 Å². The van der Waals surface area contributed by atoms with Crippen molar-refractivity contribution < 1.29 is 9.47 Å². The predicted molar refractivity (Wildman–Crippen MR) is 82.5 cm³/mol. The molecular formula is C15H17Cl2NO2. The number of rotatable bonds is 6. The average Bonchev–Trinajstić information content (AvgIpc) is 2.48. The second-order valence-electron chi connectivity index (χ2n) is 4.10. The van der Waals surface area contributed by atoms with Crippen molar-refractivity contribution in [3.63, 3.8) is 0 Å². The van der Waals surface area contributed by atoms with Gasteiger partial charge in [-0.25, -0.2) is 0 Å². The van der Waals surface area contributed by atoms with E-state index in [9.17, 15) is 0 Å². The molecule has 0 spiro atoms. The van der Waals surface area contributed by atoms with Gasteiger partial charge in [0.25, 0.3) is 0 Å². The standard InChI is InChI=1S/C15H16ClNO2.ClH/c1-18-15-7-14(8-16)17-9-13(15)11-19-10-12-5-3-2-4-6-12;/h2-7,9H,8,10-11H2,1H3;1H. The Hall–Kier alpha value is -1.29. The number of alkyl halides is 1. The summed E-state index contributed by atoms with van der Waals surface area (Å²) in [6.45, 7) is 1.04. The van der Waals surface area contributed by atoms with E-state index < -0.39 is 0 Å². The van der Waals surface area contributed by atoms with Crippen molar-refractivity contribution in [1.29, 1.82) is 0 Å². The highest BCUT2D eigenvalue weighted by Gasteiger charge is 2.05. The smallest absolute Gasteiger partial charge is 0.127 e. The fraction of sp³-hybridized carbons (Fsp3) is 0.267. The zero-order valence-electron chi connectivity index (χ0n) is 11.2. The van der Waals surface area contributed by atoms with Crippen LogP contribution in [0.1, 0.15) is 16.8 Å². The SMILES string of the molecule is COc1cc(CCl)ncc1COCc1ccccc1.Cl. The molecule has 0 aliphatic carbocycles. The molecule has 1 aromatic heterocycles. The molecule has 1 heterocycles. The summed E-state index contributed by atoms with van der Waals surface area (Å²) in [4.78, 5) is 4.24. The van der Waals surface area contributed by atoms with Crippen molar-refractivity contribution in [2.75, 3.05) is 7.11 Å². The third-order valence-electron chi connectivity index (χ3n) is 2.73. The van der Waals surface area contributed by atoms with E-state index in [0.29, 0.717) is 19.1 Å². The van der Waals surface area contributed by atoms with Crippen LogP contribution in [0, 0.1) is 0 Å². The Labute approximate surface area is 130 Å². The molecule has 5 heteroatoms. The Morgan fingerprint density at radius 1 is 1.15 bits per heavy atom. The van der Waals surface area contributed by atoms with Crippen LogP contribution in [0.15, 0.2) is 42.6 Å². The van der Waals surface area contributed by atoms with Crippen LogP contribution in [-0.2, 0) is 23.8 Å². The first-order valence-electron chi connectivity index (χ1n) is 6.03. The van der Waals surface area contributed by atoms with Crippen LogP contribution < -0.4 is 4.74 Å². The minimum atomic E-state index is 0. The fourth-order valence-electron chi connectivity index (χ4n) is 1.73. The molecule has 0 aliphatic heterocycles. The van der Waals surface area contributed by atoms with Crippen LogP contribution in [-0.4, -0.2) is 12.1 Å². The van der Waals surface area contributed by atoms with Crippen LogP contribution in [0.2, 0.25) is 0 Å². The van der Waals surface area contributed by atoms with Gasteiger partial charge in [0.15, 0.2) is 0 Å². The lowest BCUT2D eigenvalue weighted by molar-refractivity contribution is 0.105. The summed E-state index contributed by atoms with van der Waals surface area (Å²) in [6, 6.07) is 11.9. The lowest BCUT2D eigenvalue weighted by Crippen LogP contribution is -1.99. The van der Waals surface area contributed by atoms with Gasteiger partial charge >= 0.3 is 0 Å². The predicted octanol–water partition coefficient (Wildman–Crippen LogP) is 3.97. The van der Waals surface area contributed by atoms with E-state index in [2.05, 4.69) is 4.98 Å². The number of ether oxygens (including phenoxy) is 2. The number of halogens is 2. The summed E-state index contributed by atoms with van der Waals surface area (Å²) in [5.74, 6) is 1.14. The molecule has 0 saturated heterocycles. The lowest BCUT2D eigenvalue weighted by atomic mass is 10.2. The zero-order valence-corrected chi connectivity index (χ0v) is 12.8. The molecule has 2 aromatic rings. The maximum absolute atomic E-state index is 5.74. The van der Waals surface area contributed by atoms with Gasteiger partial charge in [0.1, 0.15) is 5.75 Å². The van der Waals surface area contributed by atoms with Gasteiger partial charge in [-0.1, -0.05) is 30.3 Å². The van der Waals surface area contributed by atoms with Gasteiger partial charge < -0.3 is 9.47 Å². The highest BCUT2D eigenvalue weighted by Crippen LogP contribution is 2.20. The molecule has 0 atom stereocenters. The molecule has 0 unspecified atom stereocenters. The minimum absolute atomic E-state index is 0. The van der Waals surface area contributed by atoms with Crippen LogP contribution in [0.3, 0.4) is 0 Å². The van der Waals surface area contributed by atoms with E-state index in [4.69, 9.17) is 21.1 Å². The van der Waals surface area contributed by atoms with Crippen molar-refractivity contribution in [1.82, 2.24) is 4.98 Å². The Bertz CT molecular complexity index is 521. The molecule has 3 nitrogen and oxygen atoms in total. The third-order valence-corrected chi connectivity index (χ3v) is 3.00. The molecule has 0 saturated carbocycles. The summed E-state index contributed by atoms with van der Waals surface area (Å²) in [6.07, 6.45) is 1.75. The Morgan fingerprint density at radius 2 is 1.90 bits per heavy atom. The average molecular weight is 314 g/mol. The van der Waals surface area contributed by atoms with E-state index in [1.165, 1.54) is 0 Å². The van der Waals surface area contributed by atoms with Gasteiger partial charge in [-0.2, -0.15) is 0 Å². The van der Waals surface area contributed by atoms with Gasteiger partial charge in [-0.15, -0.1) is 24.0 Å². The van der Waals surface area contributed by atoms with E-state index in [1.807, 2.05) is 36.4 Å². The van der Waals surface area contributed by atoms with E-state index in [0.717, 1.165) is 22.6 Å². The second kappa shape index (κ2) is 8.80. The molecular weight excluding hydrogens is 297 g/mol. The number of hydrogen-bond donors (Lipinski definition) is 0. The van der Waals surface area contributed by atoms with Crippen molar-refractivity contribution in [3.8, 4) is 5.75 Å². The molecule has 0 bridgehead atoms. The van der Waals surface area contributed by atoms with Gasteiger partial charge in [0.05, 0.1) is 31.9 Å². The molecule has 20 heavy (non-hydrogen) atoms. The highest BCUT2D eigenvalue weighted by molar-refractivity contribution is 6.16. The first-order valence-corrected chi connectivity index (χ1v) is 6.56. The van der Waals surface area contributed by atoms with E-state index in [-0.39, 0.29) is 12.4 Å². The molecule has 0 fully saturated rings. The summed E-state index contributed by atoms with van der Waals surface area (Å²) in [5.41, 5.74) is 2.87. The maximum atomic E-state index is 5.74. The highest BCUT2D eigenvalue weighted by atomic mass is 35.5. The van der Waals surface area contributed by atoms with Crippen molar-refractivity contribution >= 4 is 24.0 Å². The number of pyridine rings is 1. The number of aromatic nitrogens is 1. The topological polar surface area (TPSA) is 31.4 Å². The van der Waals surface area contributed by atoms with Gasteiger partial charge in [0.2, 0.25) is 0 Å². The zero-order chi connectivity index (χ0) is 13.5. The minimum Gasteiger partial charge on any atom is -0.496 e. The Balaban J connectivity index is 0.00000200. The summed E-state index contributed by atoms with van der Waals surface area (Å²) in [5, 5.41) is 0. The maximum Gasteiger partial charge on any atom is 0.127 e. The third kappa shape index (κ3) is 4.67. The largest absolute Gasteiger partial charge is 0.496 e. The van der Waals surface area contributed by atoms with Crippen molar-refractivity contribution in [2.24, 2.45) is 0 Å². The normalized spacial score (nSPS) is 9.90. The molecule has 0 amide bonds. The molecule has 1 aromatic carbocycles. The molecule has 108 valence electrons. The van der Waals surface area contributed by atoms with Crippen molar-refractivity contribution in [3.05, 3.63) is 59.4 Å². The summed E-state index contributed by atoms with van der Waals surface area (Å²) in [7, 11) is 1.63. The van der Waals surface area contributed by atoms with E-state index >= 15 is 0 Å². The Kier molecular flexibility index (Phi) is 7.37. The van der Waals surface area contributed by atoms with Crippen LogP contribution in [0.4, 0.5) is 0 Å². The Morgan fingerprint density at radius 3 is 2.55 bits per heavy atom. The van der Waals surface area contributed by atoms with E-state index in [1.54, 1.807) is 13.3 Å². The molecule has 0 radical (unpaired) electrons. The van der Waals surface area contributed by atoms with Crippen LogP contribution in [0.25, 0.3) is 0 Å². The monoisotopic (exact) mass is 313 g/mol. The first-order chi connectivity index (χ1) is 9.33. The molecule has 0 aliphatic rings. The number of hydrogen-bond acceptors (Lipinski definition) is 3. The quantitative estimate of drug-likeness (QED) is 0.756. The number of nitrogens with zero attached hydrogens (tertiary/aromatic N) is 1.